The zero-order valence-corrected chi connectivity index (χ0v) is 14.0. The van der Waals surface area contributed by atoms with Crippen molar-refractivity contribution in [3.8, 4) is 0 Å². The van der Waals surface area contributed by atoms with Gasteiger partial charge in [-0.15, -0.1) is 0 Å². The highest BCUT2D eigenvalue weighted by molar-refractivity contribution is 5.87. The minimum Gasteiger partial charge on any atom is -0.478 e. The number of hydrogen-bond acceptors (Lipinski definition) is 10. The molecule has 0 bridgehead atoms. The average molecular weight is 390 g/mol. The lowest BCUT2D eigenvalue weighted by atomic mass is 9.82. The normalized spacial score (nSPS) is 44.1. The summed E-state index contributed by atoms with van der Waals surface area (Å²) < 4.78 is 16.1. The van der Waals surface area contributed by atoms with E-state index in [4.69, 9.17) is 14.2 Å². The maximum absolute atomic E-state index is 11.4. The highest BCUT2D eigenvalue weighted by atomic mass is 16.8. The lowest BCUT2D eigenvalue weighted by Crippen LogP contribution is -2.60. The summed E-state index contributed by atoms with van der Waals surface area (Å²) >= 11 is 0. The third kappa shape index (κ3) is 3.48. The van der Waals surface area contributed by atoms with E-state index in [2.05, 4.69) is 0 Å². The minimum absolute atomic E-state index is 0.208. The molecule has 9 unspecified atom stereocenters. The van der Waals surface area contributed by atoms with Crippen LogP contribution in [0.1, 0.15) is 0 Å². The van der Waals surface area contributed by atoms with E-state index in [0.717, 1.165) is 6.26 Å². The molecule has 3 rings (SSSR count). The maximum Gasteiger partial charge on any atom is 0.335 e. The Kier molecular flexibility index (Phi) is 5.84. The second-order valence-electron chi connectivity index (χ2n) is 6.66. The Morgan fingerprint density at radius 1 is 1.04 bits per heavy atom. The number of aliphatic hydroxyl groups excluding tert-OH is 6. The predicted molar refractivity (Wildman–Crippen MR) is 83.6 cm³/mol. The van der Waals surface area contributed by atoms with Crippen molar-refractivity contribution in [2.75, 3.05) is 13.2 Å². The second-order valence-corrected chi connectivity index (χ2v) is 6.66. The molecule has 1 saturated heterocycles. The first kappa shape index (κ1) is 20.2. The van der Waals surface area contributed by atoms with Crippen LogP contribution in [0.4, 0.5) is 0 Å². The Morgan fingerprint density at radius 2 is 1.74 bits per heavy atom. The van der Waals surface area contributed by atoms with E-state index in [1.54, 1.807) is 0 Å². The van der Waals surface area contributed by atoms with Crippen LogP contribution in [0.5, 0.6) is 0 Å². The fourth-order valence-electron chi connectivity index (χ4n) is 3.68. The number of rotatable bonds is 5. The molecule has 152 valence electrons. The van der Waals surface area contributed by atoms with Gasteiger partial charge in [-0.25, -0.2) is 4.79 Å². The Hall–Kier alpha value is -1.57. The lowest BCUT2D eigenvalue weighted by Gasteiger charge is -2.43. The molecule has 0 radical (unpaired) electrons. The quantitative estimate of drug-likeness (QED) is 0.233. The molecule has 27 heavy (non-hydrogen) atoms. The molecule has 0 aromatic heterocycles. The Bertz CT molecular complexity index is 630. The number of carboxylic acids is 1. The number of hydrogen-bond donors (Lipinski definition) is 7. The summed E-state index contributed by atoms with van der Waals surface area (Å²) in [6.07, 6.45) is -7.83. The maximum atomic E-state index is 11.4. The number of carbonyl (C=O) groups is 1. The molecule has 0 amide bonds. The standard InChI is InChI=1S/C16H22O11/c17-2-5-1-7(19)10-6(14(23)24)4-25-15(9(5)10)27-16-13(22)12(21)11(20)8(3-18)26-16/h1,4,7-13,15-22H,2-3H2,(H,23,24). The zero-order valence-electron chi connectivity index (χ0n) is 14.0. The van der Waals surface area contributed by atoms with Crippen molar-refractivity contribution >= 4 is 5.97 Å². The molecule has 0 aromatic rings. The summed E-state index contributed by atoms with van der Waals surface area (Å²) in [4.78, 5) is 11.4. The first-order valence-corrected chi connectivity index (χ1v) is 8.34. The van der Waals surface area contributed by atoms with E-state index in [-0.39, 0.29) is 11.1 Å². The molecule has 3 aliphatic rings. The van der Waals surface area contributed by atoms with Gasteiger partial charge in [0.15, 0.2) is 6.29 Å². The van der Waals surface area contributed by atoms with Crippen molar-refractivity contribution in [1.29, 1.82) is 0 Å². The highest BCUT2D eigenvalue weighted by Gasteiger charge is 2.51. The van der Waals surface area contributed by atoms with E-state index in [9.17, 15) is 40.5 Å². The van der Waals surface area contributed by atoms with Crippen LogP contribution in [0.3, 0.4) is 0 Å². The minimum atomic E-state index is -1.68. The molecule has 2 heterocycles. The van der Waals surface area contributed by atoms with Gasteiger partial charge >= 0.3 is 5.97 Å². The monoisotopic (exact) mass is 390 g/mol. The molecule has 1 fully saturated rings. The Balaban J connectivity index is 1.84. The van der Waals surface area contributed by atoms with Gasteiger partial charge in [0.2, 0.25) is 6.29 Å². The van der Waals surface area contributed by atoms with Crippen molar-refractivity contribution in [2.24, 2.45) is 11.8 Å². The molecule has 0 spiro atoms. The van der Waals surface area contributed by atoms with Crippen molar-refractivity contribution in [1.82, 2.24) is 0 Å². The molecule has 2 aliphatic heterocycles. The van der Waals surface area contributed by atoms with Gasteiger partial charge in [-0.3, -0.25) is 0 Å². The fraction of sp³-hybridized carbons (Fsp3) is 0.688. The molecular formula is C16H22O11. The molecule has 9 atom stereocenters. The van der Waals surface area contributed by atoms with Crippen LogP contribution in [0, 0.1) is 11.8 Å². The van der Waals surface area contributed by atoms with Gasteiger partial charge in [-0.05, 0) is 5.57 Å². The summed E-state index contributed by atoms with van der Waals surface area (Å²) in [5.41, 5.74) is 0.0785. The van der Waals surface area contributed by atoms with Crippen molar-refractivity contribution in [3.63, 3.8) is 0 Å². The number of ether oxygens (including phenoxy) is 3. The van der Waals surface area contributed by atoms with Crippen LogP contribution in [0.15, 0.2) is 23.5 Å². The smallest absolute Gasteiger partial charge is 0.335 e. The van der Waals surface area contributed by atoms with E-state index < -0.39 is 74.1 Å². The molecule has 11 nitrogen and oxygen atoms in total. The second kappa shape index (κ2) is 7.81. The van der Waals surface area contributed by atoms with Crippen LogP contribution in [-0.4, -0.2) is 98.0 Å². The zero-order chi connectivity index (χ0) is 19.9. The molecule has 1 aliphatic carbocycles. The third-order valence-corrected chi connectivity index (χ3v) is 5.10. The van der Waals surface area contributed by atoms with Gasteiger partial charge in [0.25, 0.3) is 0 Å². The van der Waals surface area contributed by atoms with Crippen molar-refractivity contribution in [2.45, 2.75) is 43.1 Å². The van der Waals surface area contributed by atoms with Gasteiger partial charge in [0.1, 0.15) is 24.4 Å². The van der Waals surface area contributed by atoms with Gasteiger partial charge in [-0.2, -0.15) is 0 Å². The number of aliphatic hydroxyl groups is 6. The van der Waals surface area contributed by atoms with Crippen LogP contribution in [0.2, 0.25) is 0 Å². The van der Waals surface area contributed by atoms with Crippen LogP contribution >= 0.6 is 0 Å². The summed E-state index contributed by atoms with van der Waals surface area (Å²) in [5, 5.41) is 68.0. The molecule has 7 N–H and O–H groups in total. The van der Waals surface area contributed by atoms with E-state index >= 15 is 0 Å². The topological polar surface area (TPSA) is 186 Å². The summed E-state index contributed by atoms with van der Waals surface area (Å²) in [6.45, 7) is -1.13. The fourth-order valence-corrected chi connectivity index (χ4v) is 3.68. The summed E-state index contributed by atoms with van der Waals surface area (Å²) in [6, 6.07) is 0. The molecule has 11 heteroatoms. The first-order valence-electron chi connectivity index (χ1n) is 8.34. The number of aliphatic carboxylic acids is 1. The van der Waals surface area contributed by atoms with E-state index in [0.29, 0.717) is 0 Å². The largest absolute Gasteiger partial charge is 0.478 e. The number of carboxylic acid groups (broad SMARTS) is 1. The van der Waals surface area contributed by atoms with Crippen LogP contribution in [-0.2, 0) is 19.0 Å². The molecular weight excluding hydrogens is 368 g/mol. The Morgan fingerprint density at radius 3 is 2.33 bits per heavy atom. The van der Waals surface area contributed by atoms with Crippen LogP contribution in [0.25, 0.3) is 0 Å². The SMILES string of the molecule is O=C(O)C1=COC(OC2OC(CO)C(O)C(O)C2O)C2C(CO)=CC(O)C12. The van der Waals surface area contributed by atoms with Gasteiger partial charge in [0.05, 0.1) is 37.1 Å². The van der Waals surface area contributed by atoms with Gasteiger partial charge in [-0.1, -0.05) is 6.08 Å². The predicted octanol–water partition coefficient (Wildman–Crippen LogP) is -3.35. The summed E-state index contributed by atoms with van der Waals surface area (Å²) in [7, 11) is 0. The van der Waals surface area contributed by atoms with Gasteiger partial charge in [0, 0.05) is 5.92 Å². The average Bonchev–Trinajstić information content (AvgIpc) is 2.99. The first-order chi connectivity index (χ1) is 12.8. The highest BCUT2D eigenvalue weighted by Crippen LogP contribution is 2.44. The lowest BCUT2D eigenvalue weighted by molar-refractivity contribution is -0.340. The third-order valence-electron chi connectivity index (χ3n) is 5.10. The molecule has 0 saturated carbocycles. The molecule has 0 aromatic carbocycles. The van der Waals surface area contributed by atoms with E-state index in [1.807, 2.05) is 0 Å². The van der Waals surface area contributed by atoms with E-state index in [1.165, 1.54) is 6.08 Å². The Labute approximate surface area is 153 Å². The van der Waals surface area contributed by atoms with Crippen molar-refractivity contribution in [3.05, 3.63) is 23.5 Å². The van der Waals surface area contributed by atoms with Crippen LogP contribution < -0.4 is 0 Å². The van der Waals surface area contributed by atoms with Gasteiger partial charge < -0.3 is 50.0 Å². The van der Waals surface area contributed by atoms with Crippen molar-refractivity contribution < 1.29 is 54.8 Å². The number of fused-ring (bicyclic) bond motifs is 1. The summed E-state index contributed by atoms with van der Waals surface area (Å²) in [5.74, 6) is -3.13.